The molecule has 1 heterocycles. The van der Waals surface area contributed by atoms with Gasteiger partial charge in [-0.25, -0.2) is 0 Å². The molecule has 4 aromatic rings. The first-order chi connectivity index (χ1) is 15.6. The summed E-state index contributed by atoms with van der Waals surface area (Å²) in [6.45, 7) is 2.56. The molecule has 1 aliphatic rings. The van der Waals surface area contributed by atoms with Gasteiger partial charge in [0.1, 0.15) is 17.3 Å². The van der Waals surface area contributed by atoms with Crippen LogP contribution in [-0.4, -0.2) is 24.4 Å². The highest BCUT2D eigenvalue weighted by atomic mass is 16.5. The van der Waals surface area contributed by atoms with Gasteiger partial charge in [0.15, 0.2) is 11.6 Å². The molecule has 0 fully saturated rings. The third kappa shape index (κ3) is 3.54. The van der Waals surface area contributed by atoms with E-state index < -0.39 is 0 Å². The lowest BCUT2D eigenvalue weighted by Gasteiger charge is -2.17. The van der Waals surface area contributed by atoms with E-state index in [1.165, 1.54) is 0 Å². The van der Waals surface area contributed by atoms with Crippen molar-refractivity contribution in [2.24, 2.45) is 4.99 Å². The monoisotopic (exact) mass is 421 g/mol. The Labute approximate surface area is 185 Å². The van der Waals surface area contributed by atoms with E-state index >= 15 is 0 Å². The molecule has 156 valence electrons. The Kier molecular flexibility index (Phi) is 5.00. The number of carbonyl (C=O) groups is 2. The van der Waals surface area contributed by atoms with Crippen molar-refractivity contribution in [3.63, 3.8) is 0 Å². The molecule has 0 aliphatic heterocycles. The van der Waals surface area contributed by atoms with Gasteiger partial charge in [-0.15, -0.1) is 0 Å². The van der Waals surface area contributed by atoms with Crippen LogP contribution in [0.4, 0.5) is 5.69 Å². The first-order valence-corrected chi connectivity index (χ1v) is 10.3. The molecule has 5 rings (SSSR count). The van der Waals surface area contributed by atoms with Gasteiger partial charge in [-0.3, -0.25) is 14.6 Å². The maximum atomic E-state index is 13.0. The van der Waals surface area contributed by atoms with Crippen molar-refractivity contribution in [2.75, 3.05) is 6.61 Å². The number of nitrogens with zero attached hydrogens (tertiary/aromatic N) is 1. The molecule has 3 aromatic carbocycles. The van der Waals surface area contributed by atoms with Crippen LogP contribution >= 0.6 is 0 Å². The van der Waals surface area contributed by atoms with Crippen LogP contribution in [0.3, 0.4) is 0 Å². The Morgan fingerprint density at radius 2 is 1.50 bits per heavy atom. The van der Waals surface area contributed by atoms with E-state index in [2.05, 4.69) is 4.99 Å². The van der Waals surface area contributed by atoms with Crippen LogP contribution in [-0.2, 0) is 0 Å². The van der Waals surface area contributed by atoms with Crippen molar-refractivity contribution in [1.82, 2.24) is 0 Å². The molecular weight excluding hydrogens is 402 g/mol. The van der Waals surface area contributed by atoms with E-state index in [1.54, 1.807) is 48.7 Å². The minimum Gasteiger partial charge on any atom is -0.494 e. The molecule has 0 spiro atoms. The zero-order valence-electron chi connectivity index (χ0n) is 17.4. The molecule has 0 saturated carbocycles. The number of furan rings is 1. The van der Waals surface area contributed by atoms with E-state index in [1.807, 2.05) is 43.3 Å². The smallest absolute Gasteiger partial charge is 0.194 e. The average molecular weight is 421 g/mol. The number of hydrogen-bond acceptors (Lipinski definition) is 5. The highest BCUT2D eigenvalue weighted by Crippen LogP contribution is 2.31. The fourth-order valence-corrected chi connectivity index (χ4v) is 3.76. The Morgan fingerprint density at radius 1 is 0.812 bits per heavy atom. The van der Waals surface area contributed by atoms with Crippen LogP contribution in [0.1, 0.15) is 44.5 Å². The number of rotatable bonds is 5. The lowest BCUT2D eigenvalue weighted by Crippen LogP contribution is -2.20. The van der Waals surface area contributed by atoms with Crippen LogP contribution in [0.5, 0.6) is 5.75 Å². The predicted molar refractivity (Wildman–Crippen MR) is 122 cm³/mol. The zero-order valence-corrected chi connectivity index (χ0v) is 17.4. The van der Waals surface area contributed by atoms with Gasteiger partial charge in [-0.1, -0.05) is 30.3 Å². The molecule has 0 radical (unpaired) electrons. The van der Waals surface area contributed by atoms with Crippen molar-refractivity contribution in [2.45, 2.75) is 6.92 Å². The van der Waals surface area contributed by atoms with Gasteiger partial charge >= 0.3 is 0 Å². The van der Waals surface area contributed by atoms with Crippen LogP contribution in [0, 0.1) is 0 Å². The number of carbonyl (C=O) groups excluding carboxylic acids is 2. The SMILES string of the molecule is CCOc1ccc(N=Cc2ccc(-c3ccc4c(c3)C(=O)c3ccccc3C4=O)o2)cc1. The number of aliphatic imine (C=N–C) groups is 1. The molecule has 0 saturated heterocycles. The van der Waals surface area contributed by atoms with E-state index in [0.29, 0.717) is 40.4 Å². The molecular formula is C27H19NO4. The van der Waals surface area contributed by atoms with Gasteiger partial charge in [-0.05, 0) is 55.5 Å². The molecule has 5 heteroatoms. The second-order valence-corrected chi connectivity index (χ2v) is 7.35. The first-order valence-electron chi connectivity index (χ1n) is 10.3. The summed E-state index contributed by atoms with van der Waals surface area (Å²) in [5.74, 6) is 1.69. The fraction of sp³-hybridized carbons (Fsp3) is 0.0741. The lowest BCUT2D eigenvalue weighted by molar-refractivity contribution is 0.0979. The largest absolute Gasteiger partial charge is 0.494 e. The van der Waals surface area contributed by atoms with E-state index in [0.717, 1.165) is 17.0 Å². The molecule has 5 nitrogen and oxygen atoms in total. The lowest BCUT2D eigenvalue weighted by atomic mass is 9.83. The fourth-order valence-electron chi connectivity index (χ4n) is 3.76. The molecule has 0 bridgehead atoms. The van der Waals surface area contributed by atoms with Crippen molar-refractivity contribution >= 4 is 23.5 Å². The Balaban J connectivity index is 1.40. The Bertz CT molecular complexity index is 1360. The molecule has 0 unspecified atom stereocenters. The summed E-state index contributed by atoms with van der Waals surface area (Å²) >= 11 is 0. The number of hydrogen-bond donors (Lipinski definition) is 0. The quantitative estimate of drug-likeness (QED) is 0.333. The maximum Gasteiger partial charge on any atom is 0.194 e. The average Bonchev–Trinajstić information content (AvgIpc) is 3.31. The van der Waals surface area contributed by atoms with Gasteiger partial charge < -0.3 is 9.15 Å². The Morgan fingerprint density at radius 3 is 2.22 bits per heavy atom. The first kappa shape index (κ1) is 19.7. The summed E-state index contributed by atoms with van der Waals surface area (Å²) in [4.78, 5) is 30.2. The van der Waals surface area contributed by atoms with Crippen LogP contribution in [0.2, 0.25) is 0 Å². The highest BCUT2D eigenvalue weighted by Gasteiger charge is 2.29. The second-order valence-electron chi connectivity index (χ2n) is 7.35. The van der Waals surface area contributed by atoms with Crippen LogP contribution in [0.25, 0.3) is 11.3 Å². The maximum absolute atomic E-state index is 13.0. The number of fused-ring (bicyclic) bond motifs is 2. The topological polar surface area (TPSA) is 68.9 Å². The summed E-state index contributed by atoms with van der Waals surface area (Å²) < 4.78 is 11.3. The summed E-state index contributed by atoms with van der Waals surface area (Å²) in [6, 6.07) is 23.2. The zero-order chi connectivity index (χ0) is 22.1. The third-order valence-corrected chi connectivity index (χ3v) is 5.33. The number of benzene rings is 3. The minimum absolute atomic E-state index is 0.135. The van der Waals surface area contributed by atoms with Crippen molar-refractivity contribution in [1.29, 1.82) is 0 Å². The van der Waals surface area contributed by atoms with E-state index in [-0.39, 0.29) is 11.6 Å². The van der Waals surface area contributed by atoms with Crippen molar-refractivity contribution in [3.05, 3.63) is 107 Å². The van der Waals surface area contributed by atoms with Gasteiger partial charge in [0.2, 0.25) is 0 Å². The summed E-state index contributed by atoms with van der Waals surface area (Å²) in [5.41, 5.74) is 3.20. The highest BCUT2D eigenvalue weighted by molar-refractivity contribution is 6.28. The minimum atomic E-state index is -0.152. The van der Waals surface area contributed by atoms with Crippen molar-refractivity contribution in [3.8, 4) is 17.1 Å². The van der Waals surface area contributed by atoms with Gasteiger partial charge in [0.25, 0.3) is 0 Å². The van der Waals surface area contributed by atoms with Gasteiger partial charge in [-0.2, -0.15) is 0 Å². The second kappa shape index (κ2) is 8.12. The Hall–Kier alpha value is -4.25. The molecule has 32 heavy (non-hydrogen) atoms. The third-order valence-electron chi connectivity index (χ3n) is 5.33. The summed E-state index contributed by atoms with van der Waals surface area (Å²) in [7, 11) is 0. The number of ether oxygens (including phenoxy) is 1. The van der Waals surface area contributed by atoms with E-state index in [4.69, 9.17) is 9.15 Å². The summed E-state index contributed by atoms with van der Waals surface area (Å²) in [6.07, 6.45) is 1.64. The van der Waals surface area contributed by atoms with E-state index in [9.17, 15) is 9.59 Å². The van der Waals surface area contributed by atoms with Crippen LogP contribution in [0.15, 0.2) is 88.3 Å². The number of ketones is 2. The van der Waals surface area contributed by atoms with Gasteiger partial charge in [0.05, 0.1) is 18.5 Å². The molecule has 0 amide bonds. The standard InChI is InChI=1S/C27H19NO4/c1-2-31-19-10-8-18(9-11-19)28-16-20-12-14-25(32-20)17-7-13-23-24(15-17)27(30)22-6-4-3-5-21(22)26(23)29/h3-16H,2H2,1H3. The van der Waals surface area contributed by atoms with Crippen molar-refractivity contribution < 1.29 is 18.7 Å². The predicted octanol–water partition coefficient (Wildman–Crippen LogP) is 5.87. The summed E-state index contributed by atoms with van der Waals surface area (Å²) in [5, 5.41) is 0. The normalized spacial score (nSPS) is 12.7. The molecule has 1 aromatic heterocycles. The molecule has 0 atom stereocenters. The molecule has 1 aliphatic carbocycles. The molecule has 0 N–H and O–H groups in total. The van der Waals surface area contributed by atoms with Gasteiger partial charge in [0, 0.05) is 27.8 Å². The van der Waals surface area contributed by atoms with Crippen LogP contribution < -0.4 is 4.74 Å².